The largest absolute Gasteiger partial charge is 0.363 e. The fourth-order valence-electron chi connectivity index (χ4n) is 2.19. The van der Waals surface area contributed by atoms with Crippen LogP contribution in [-0.2, 0) is 16.0 Å². The van der Waals surface area contributed by atoms with Crippen LogP contribution in [-0.4, -0.2) is 54.7 Å². The summed E-state index contributed by atoms with van der Waals surface area (Å²) in [5.41, 5.74) is 0.307. The smallest absolute Gasteiger partial charge is 0.253 e. The Morgan fingerprint density at radius 3 is 3.11 bits per heavy atom. The molecule has 1 amide bonds. The highest BCUT2D eigenvalue weighted by molar-refractivity contribution is 7.09. The predicted molar refractivity (Wildman–Crippen MR) is 75.4 cm³/mol. The number of hydrogen-bond donors (Lipinski definition) is 1. The molecule has 2 rings (SSSR count). The van der Waals surface area contributed by atoms with Crippen molar-refractivity contribution in [2.24, 2.45) is 0 Å². The van der Waals surface area contributed by atoms with Gasteiger partial charge in [-0.25, -0.2) is 4.98 Å². The van der Waals surface area contributed by atoms with E-state index in [-0.39, 0.29) is 5.91 Å². The minimum Gasteiger partial charge on any atom is -0.363 e. The van der Waals surface area contributed by atoms with Crippen LogP contribution >= 0.6 is 11.3 Å². The van der Waals surface area contributed by atoms with Crippen molar-refractivity contribution in [2.45, 2.75) is 25.9 Å². The number of amides is 1. The van der Waals surface area contributed by atoms with E-state index in [1.807, 2.05) is 26.3 Å². The second kappa shape index (κ2) is 5.98. The molecule has 1 fully saturated rings. The number of hydrogen-bond acceptors (Lipinski definition) is 5. The zero-order chi connectivity index (χ0) is 13.9. The van der Waals surface area contributed by atoms with E-state index in [9.17, 15) is 4.79 Å². The van der Waals surface area contributed by atoms with Gasteiger partial charge in [0.1, 0.15) is 0 Å². The van der Waals surface area contributed by atoms with Gasteiger partial charge in [-0.2, -0.15) is 0 Å². The Balaban J connectivity index is 1.80. The predicted octanol–water partition coefficient (Wildman–Crippen LogP) is 0.831. The van der Waals surface area contributed by atoms with E-state index in [0.717, 1.165) is 23.7 Å². The zero-order valence-corrected chi connectivity index (χ0v) is 12.5. The number of nitrogens with zero attached hydrogens (tertiary/aromatic N) is 2. The summed E-state index contributed by atoms with van der Waals surface area (Å²) in [5.74, 6) is -0.0349. The van der Waals surface area contributed by atoms with E-state index < -0.39 is 5.60 Å². The lowest BCUT2D eigenvalue weighted by Crippen LogP contribution is -2.57. The molecule has 106 valence electrons. The second-order valence-corrected chi connectivity index (χ2v) is 6.15. The van der Waals surface area contributed by atoms with Gasteiger partial charge in [0, 0.05) is 37.1 Å². The molecule has 1 aromatic heterocycles. The fraction of sp³-hybridized carbons (Fsp3) is 0.692. The van der Waals surface area contributed by atoms with Crippen LogP contribution in [0.25, 0.3) is 0 Å². The first-order chi connectivity index (χ1) is 8.99. The molecule has 2 heterocycles. The molecule has 0 aromatic carbocycles. The summed E-state index contributed by atoms with van der Waals surface area (Å²) in [6.07, 6.45) is 0.774. The Kier molecular flexibility index (Phi) is 4.54. The van der Waals surface area contributed by atoms with Gasteiger partial charge >= 0.3 is 0 Å². The Labute approximate surface area is 118 Å². The summed E-state index contributed by atoms with van der Waals surface area (Å²) in [6.45, 7) is 6.55. The first-order valence-corrected chi connectivity index (χ1v) is 7.39. The maximum atomic E-state index is 12.2. The van der Waals surface area contributed by atoms with Crippen molar-refractivity contribution in [2.75, 3.05) is 33.3 Å². The normalized spacial score (nSPS) is 24.4. The lowest BCUT2D eigenvalue weighted by atomic mass is 10.0. The summed E-state index contributed by atoms with van der Waals surface area (Å²) in [5, 5.41) is 6.03. The second-order valence-electron chi connectivity index (χ2n) is 5.21. The molecule has 0 unspecified atom stereocenters. The van der Waals surface area contributed by atoms with Gasteiger partial charge in [-0.1, -0.05) is 0 Å². The van der Waals surface area contributed by atoms with E-state index >= 15 is 0 Å². The van der Waals surface area contributed by atoms with E-state index in [2.05, 4.69) is 15.2 Å². The summed E-state index contributed by atoms with van der Waals surface area (Å²) >= 11 is 1.63. The molecule has 1 atom stereocenters. The molecule has 19 heavy (non-hydrogen) atoms. The SMILES string of the molecule is Cc1csc(CCNC(=O)[C@]2(C)CN(C)CCO2)n1. The van der Waals surface area contributed by atoms with Crippen LogP contribution < -0.4 is 5.32 Å². The number of morpholine rings is 1. The molecule has 1 aromatic rings. The maximum absolute atomic E-state index is 12.2. The van der Waals surface area contributed by atoms with Crippen LogP contribution in [0, 0.1) is 6.92 Å². The summed E-state index contributed by atoms with van der Waals surface area (Å²) in [4.78, 5) is 18.7. The summed E-state index contributed by atoms with van der Waals surface area (Å²) in [6, 6.07) is 0. The molecule has 0 saturated carbocycles. The van der Waals surface area contributed by atoms with Crippen LogP contribution in [0.3, 0.4) is 0 Å². The van der Waals surface area contributed by atoms with Gasteiger partial charge in [0.2, 0.25) is 0 Å². The third kappa shape index (κ3) is 3.75. The van der Waals surface area contributed by atoms with Crippen molar-refractivity contribution in [3.05, 3.63) is 16.1 Å². The van der Waals surface area contributed by atoms with Crippen LogP contribution in [0.2, 0.25) is 0 Å². The maximum Gasteiger partial charge on any atom is 0.253 e. The Hall–Kier alpha value is -0.980. The average molecular weight is 283 g/mol. The molecule has 0 spiro atoms. The molecular formula is C13H21N3O2S. The number of ether oxygens (including phenoxy) is 1. The molecule has 1 saturated heterocycles. The minimum absolute atomic E-state index is 0.0349. The highest BCUT2D eigenvalue weighted by Gasteiger charge is 2.37. The Morgan fingerprint density at radius 1 is 1.68 bits per heavy atom. The topological polar surface area (TPSA) is 54.5 Å². The number of aromatic nitrogens is 1. The van der Waals surface area contributed by atoms with Crippen molar-refractivity contribution in [3.8, 4) is 0 Å². The lowest BCUT2D eigenvalue weighted by Gasteiger charge is -2.37. The van der Waals surface area contributed by atoms with E-state index in [0.29, 0.717) is 19.7 Å². The molecule has 0 aliphatic carbocycles. The zero-order valence-electron chi connectivity index (χ0n) is 11.7. The quantitative estimate of drug-likeness (QED) is 0.889. The molecule has 0 bridgehead atoms. The number of carbonyl (C=O) groups excluding carboxylic acids is 1. The first kappa shape index (κ1) is 14.4. The van der Waals surface area contributed by atoms with Crippen LogP contribution in [0.1, 0.15) is 17.6 Å². The molecule has 6 heteroatoms. The van der Waals surface area contributed by atoms with Crippen LogP contribution in [0.5, 0.6) is 0 Å². The molecule has 1 aliphatic heterocycles. The van der Waals surface area contributed by atoms with Crippen molar-refractivity contribution < 1.29 is 9.53 Å². The molecule has 0 radical (unpaired) electrons. The van der Waals surface area contributed by atoms with Crippen LogP contribution in [0.15, 0.2) is 5.38 Å². The van der Waals surface area contributed by atoms with Crippen LogP contribution in [0.4, 0.5) is 0 Å². The highest BCUT2D eigenvalue weighted by Crippen LogP contribution is 2.16. The number of carbonyl (C=O) groups is 1. The highest BCUT2D eigenvalue weighted by atomic mass is 32.1. The van der Waals surface area contributed by atoms with Gasteiger partial charge in [0.25, 0.3) is 5.91 Å². The summed E-state index contributed by atoms with van der Waals surface area (Å²) < 4.78 is 5.64. The standard InChI is InChI=1S/C13H21N3O2S/c1-10-8-19-11(15-10)4-5-14-12(17)13(2)9-16(3)6-7-18-13/h8H,4-7,9H2,1-3H3,(H,14,17)/t13-/m0/s1. The minimum atomic E-state index is -0.730. The number of aryl methyl sites for hydroxylation is 1. The number of thiazole rings is 1. The van der Waals surface area contributed by atoms with Crippen molar-refractivity contribution in [1.29, 1.82) is 0 Å². The van der Waals surface area contributed by atoms with Gasteiger partial charge < -0.3 is 15.0 Å². The average Bonchev–Trinajstić information content (AvgIpc) is 2.74. The van der Waals surface area contributed by atoms with Gasteiger partial charge in [-0.15, -0.1) is 11.3 Å². The molecule has 5 nitrogen and oxygen atoms in total. The van der Waals surface area contributed by atoms with Gasteiger partial charge in [-0.3, -0.25) is 4.79 Å². The van der Waals surface area contributed by atoms with Gasteiger partial charge in [-0.05, 0) is 20.9 Å². The molecule has 1 N–H and O–H groups in total. The summed E-state index contributed by atoms with van der Waals surface area (Å²) in [7, 11) is 2.01. The molecular weight excluding hydrogens is 262 g/mol. The monoisotopic (exact) mass is 283 g/mol. The number of nitrogens with one attached hydrogen (secondary N) is 1. The number of likely N-dealkylation sites (N-methyl/N-ethyl adjacent to an activating group) is 1. The number of rotatable bonds is 4. The van der Waals surface area contributed by atoms with Crippen molar-refractivity contribution in [1.82, 2.24) is 15.2 Å². The third-order valence-electron chi connectivity index (χ3n) is 3.24. The van der Waals surface area contributed by atoms with E-state index in [1.54, 1.807) is 11.3 Å². The van der Waals surface area contributed by atoms with Gasteiger partial charge in [0.05, 0.1) is 11.6 Å². The van der Waals surface area contributed by atoms with Crippen molar-refractivity contribution in [3.63, 3.8) is 0 Å². The fourth-order valence-corrected chi connectivity index (χ4v) is 2.97. The van der Waals surface area contributed by atoms with Crippen molar-refractivity contribution >= 4 is 17.2 Å². The van der Waals surface area contributed by atoms with E-state index in [4.69, 9.17) is 4.74 Å². The Morgan fingerprint density at radius 2 is 2.47 bits per heavy atom. The first-order valence-electron chi connectivity index (χ1n) is 6.51. The lowest BCUT2D eigenvalue weighted by molar-refractivity contribution is -0.155. The Bertz CT molecular complexity index is 449. The third-order valence-corrected chi connectivity index (χ3v) is 4.26. The van der Waals surface area contributed by atoms with E-state index in [1.165, 1.54) is 0 Å². The molecule has 1 aliphatic rings. The van der Waals surface area contributed by atoms with Gasteiger partial charge in [0.15, 0.2) is 5.60 Å².